The van der Waals surface area contributed by atoms with Gasteiger partial charge in [-0.2, -0.15) is 16.8 Å². The van der Waals surface area contributed by atoms with Crippen LogP contribution in [0.15, 0.2) is 52.4 Å². The zero-order chi connectivity index (χ0) is 21.9. The van der Waals surface area contributed by atoms with E-state index in [0.29, 0.717) is 16.0 Å². The van der Waals surface area contributed by atoms with E-state index in [9.17, 15) is 23.3 Å². The topological polar surface area (TPSA) is 112 Å². The molecule has 0 radical (unpaired) electrons. The average molecular weight is 466 g/mol. The summed E-state index contributed by atoms with van der Waals surface area (Å²) < 4.78 is 26.4. The maximum absolute atomic E-state index is 12.7. The van der Waals surface area contributed by atoms with Gasteiger partial charge in [0.05, 0.1) is 25.8 Å². The van der Waals surface area contributed by atoms with E-state index >= 15 is 0 Å². The quantitative estimate of drug-likeness (QED) is 0.390. The van der Waals surface area contributed by atoms with Gasteiger partial charge < -0.3 is 4.57 Å². The fourth-order valence-electron chi connectivity index (χ4n) is 2.78. The molecular formula is C19H19N3O5S3. The summed E-state index contributed by atoms with van der Waals surface area (Å²) in [6.45, 7) is 2.15. The van der Waals surface area contributed by atoms with E-state index < -0.39 is 20.7 Å². The van der Waals surface area contributed by atoms with Crippen molar-refractivity contribution < 1.29 is 18.1 Å². The van der Waals surface area contributed by atoms with Crippen LogP contribution in [-0.4, -0.2) is 41.6 Å². The fourth-order valence-corrected chi connectivity index (χ4v) is 5.12. The summed E-state index contributed by atoms with van der Waals surface area (Å²) in [5, 5.41) is 11.1. The van der Waals surface area contributed by atoms with Gasteiger partial charge in [0, 0.05) is 30.0 Å². The largest absolute Gasteiger partial charge is 0.315 e. The smallest absolute Gasteiger partial charge is 0.279 e. The molecule has 0 saturated heterocycles. The van der Waals surface area contributed by atoms with Crippen molar-refractivity contribution in [3.05, 3.63) is 62.9 Å². The third-order valence-corrected chi connectivity index (χ3v) is 7.82. The minimum absolute atomic E-state index is 0.0198. The number of carbonyl (C=O) groups is 1. The predicted molar refractivity (Wildman–Crippen MR) is 119 cm³/mol. The lowest BCUT2D eigenvalue weighted by Gasteiger charge is -2.04. The summed E-state index contributed by atoms with van der Waals surface area (Å²) in [7, 11) is -3.35. The molecule has 0 fully saturated rings. The molecule has 0 spiro atoms. The van der Waals surface area contributed by atoms with Crippen LogP contribution in [0.2, 0.25) is 0 Å². The van der Waals surface area contributed by atoms with Gasteiger partial charge in [-0.25, -0.2) is 8.42 Å². The molecule has 3 rings (SSSR count). The number of nitro groups is 1. The Hall–Kier alpha value is -2.50. The van der Waals surface area contributed by atoms with Crippen LogP contribution >= 0.6 is 23.1 Å². The van der Waals surface area contributed by atoms with Crippen LogP contribution in [-0.2, 0) is 16.4 Å². The molecule has 0 aliphatic heterocycles. The Morgan fingerprint density at radius 3 is 2.53 bits per heavy atom. The second-order valence-corrected chi connectivity index (χ2v) is 10.6. The van der Waals surface area contributed by atoms with Gasteiger partial charge in [0.15, 0.2) is 14.6 Å². The highest BCUT2D eigenvalue weighted by Crippen LogP contribution is 2.23. The van der Waals surface area contributed by atoms with Gasteiger partial charge in [0.25, 0.3) is 11.6 Å². The van der Waals surface area contributed by atoms with Gasteiger partial charge in [0.1, 0.15) is 0 Å². The normalized spacial score (nSPS) is 12.4. The lowest BCUT2D eigenvalue weighted by Crippen LogP contribution is -2.18. The summed E-state index contributed by atoms with van der Waals surface area (Å²) in [6, 6.07) is 10.3. The molecule has 0 N–H and O–H groups in total. The number of nitrogens with zero attached hydrogens (tertiary/aromatic N) is 3. The number of thioether (sulfide) groups is 1. The lowest BCUT2D eigenvalue weighted by atomic mass is 10.2. The van der Waals surface area contributed by atoms with E-state index in [1.54, 1.807) is 24.8 Å². The molecular weight excluding hydrogens is 446 g/mol. The lowest BCUT2D eigenvalue weighted by molar-refractivity contribution is -0.384. The number of hydrogen-bond donors (Lipinski definition) is 0. The van der Waals surface area contributed by atoms with Crippen molar-refractivity contribution in [2.75, 3.05) is 17.8 Å². The van der Waals surface area contributed by atoms with E-state index in [1.165, 1.54) is 47.7 Å². The monoisotopic (exact) mass is 465 g/mol. The molecule has 8 nitrogen and oxygen atoms in total. The van der Waals surface area contributed by atoms with Gasteiger partial charge in [-0.3, -0.25) is 14.9 Å². The number of sulfone groups is 1. The summed E-state index contributed by atoms with van der Waals surface area (Å²) >= 11 is 2.84. The number of aryl methyl sites for hydroxylation is 1. The molecule has 2 aromatic carbocycles. The Labute approximate surface area is 181 Å². The molecule has 0 atom stereocenters. The number of fused-ring (bicyclic) bond motifs is 1. The SMILES string of the molecule is CCS(=O)(=O)c1ccc(C(=O)N=c2sc3cc([N+](=O)[O-])ccc3n2CCSC)cc1. The Morgan fingerprint density at radius 1 is 1.23 bits per heavy atom. The van der Waals surface area contributed by atoms with Crippen LogP contribution in [0, 0.1) is 10.1 Å². The second-order valence-electron chi connectivity index (χ2n) is 6.28. The summed E-state index contributed by atoms with van der Waals surface area (Å²) in [5.74, 6) is 0.260. The van der Waals surface area contributed by atoms with Crippen molar-refractivity contribution in [1.82, 2.24) is 4.57 Å². The van der Waals surface area contributed by atoms with Crippen LogP contribution in [0.5, 0.6) is 0 Å². The van der Waals surface area contributed by atoms with E-state index in [4.69, 9.17) is 0 Å². The van der Waals surface area contributed by atoms with Gasteiger partial charge in [0.2, 0.25) is 0 Å². The van der Waals surface area contributed by atoms with Crippen molar-refractivity contribution in [3.63, 3.8) is 0 Å². The maximum atomic E-state index is 12.7. The van der Waals surface area contributed by atoms with Crippen molar-refractivity contribution in [3.8, 4) is 0 Å². The number of nitro benzene ring substituents is 1. The highest BCUT2D eigenvalue weighted by molar-refractivity contribution is 7.98. The number of aromatic nitrogens is 1. The van der Waals surface area contributed by atoms with Gasteiger partial charge in [-0.05, 0) is 36.6 Å². The highest BCUT2D eigenvalue weighted by Gasteiger charge is 2.15. The third kappa shape index (κ3) is 4.63. The summed E-state index contributed by atoms with van der Waals surface area (Å²) in [4.78, 5) is 28.1. The van der Waals surface area contributed by atoms with Gasteiger partial charge >= 0.3 is 0 Å². The molecule has 0 saturated carbocycles. The zero-order valence-electron chi connectivity index (χ0n) is 16.3. The van der Waals surface area contributed by atoms with Crippen LogP contribution in [0.3, 0.4) is 0 Å². The van der Waals surface area contributed by atoms with Crippen molar-refractivity contribution in [2.24, 2.45) is 4.99 Å². The summed E-state index contributed by atoms with van der Waals surface area (Å²) in [6.07, 6.45) is 1.97. The third-order valence-electron chi connectivity index (χ3n) is 4.43. The minimum Gasteiger partial charge on any atom is -0.315 e. The van der Waals surface area contributed by atoms with Crippen molar-refractivity contribution in [1.29, 1.82) is 0 Å². The number of thiazole rings is 1. The van der Waals surface area contributed by atoms with Gasteiger partial charge in [-0.1, -0.05) is 18.3 Å². The van der Waals surface area contributed by atoms with E-state index in [-0.39, 0.29) is 21.9 Å². The highest BCUT2D eigenvalue weighted by atomic mass is 32.2. The van der Waals surface area contributed by atoms with Crippen LogP contribution in [0.4, 0.5) is 5.69 Å². The molecule has 30 heavy (non-hydrogen) atoms. The predicted octanol–water partition coefficient (Wildman–Crippen LogP) is 3.51. The molecule has 1 aromatic heterocycles. The number of rotatable bonds is 7. The van der Waals surface area contributed by atoms with Gasteiger partial charge in [-0.15, -0.1) is 0 Å². The number of amides is 1. The standard InChI is InChI=1S/C19H19N3O5S3/c1-3-30(26,27)15-7-4-13(5-8-15)18(23)20-19-21(10-11-28-2)16-9-6-14(22(24)25)12-17(16)29-19/h4-9,12H,3,10-11H2,1-2H3. The number of non-ortho nitro benzene ring substituents is 1. The molecule has 0 aliphatic rings. The van der Waals surface area contributed by atoms with Crippen LogP contribution < -0.4 is 4.80 Å². The van der Waals surface area contributed by atoms with E-state index in [1.807, 2.05) is 10.8 Å². The molecule has 1 amide bonds. The zero-order valence-corrected chi connectivity index (χ0v) is 18.7. The van der Waals surface area contributed by atoms with Crippen molar-refractivity contribution in [2.45, 2.75) is 18.4 Å². The Morgan fingerprint density at radius 2 is 1.93 bits per heavy atom. The number of carbonyl (C=O) groups excluding carboxylic acids is 1. The first-order valence-corrected chi connectivity index (χ1v) is 12.8. The molecule has 158 valence electrons. The van der Waals surface area contributed by atoms with Crippen LogP contribution in [0.25, 0.3) is 10.2 Å². The Kier molecular flexibility index (Phi) is 6.74. The van der Waals surface area contributed by atoms with Crippen molar-refractivity contribution >= 4 is 54.7 Å². The van der Waals surface area contributed by atoms with E-state index in [0.717, 1.165) is 11.3 Å². The number of hydrogen-bond acceptors (Lipinski definition) is 7. The molecule has 3 aromatic rings. The number of benzene rings is 2. The van der Waals surface area contributed by atoms with E-state index in [2.05, 4.69) is 4.99 Å². The molecule has 1 heterocycles. The average Bonchev–Trinajstić information content (AvgIpc) is 3.08. The first-order valence-electron chi connectivity index (χ1n) is 8.95. The molecule has 0 aliphatic carbocycles. The maximum Gasteiger partial charge on any atom is 0.279 e. The fraction of sp³-hybridized carbons (Fsp3) is 0.263. The molecule has 11 heteroatoms. The minimum atomic E-state index is -3.35. The molecule has 0 unspecified atom stereocenters. The second kappa shape index (κ2) is 9.11. The summed E-state index contributed by atoms with van der Waals surface area (Å²) in [5.41, 5.74) is 1.02. The first kappa shape index (κ1) is 22.2. The Bertz CT molecular complexity index is 1270. The molecule has 0 bridgehead atoms. The van der Waals surface area contributed by atoms with Crippen LogP contribution in [0.1, 0.15) is 17.3 Å². The Balaban J connectivity index is 2.05. The first-order chi connectivity index (χ1) is 14.3.